The molecule has 0 aliphatic carbocycles. The molecule has 0 bridgehead atoms. The van der Waals surface area contributed by atoms with E-state index in [1.165, 1.54) is 18.4 Å². The standard InChI is InChI=1S/C13H14BrClN2O2S2/c1-8-3-4-9(5-12(8)21(18,19)16-2)17-7-10-6-11(14)13(15)20-10/h3-6,16-17H,7H2,1-2H3. The van der Waals surface area contributed by atoms with Crippen molar-refractivity contribution in [1.29, 1.82) is 0 Å². The summed E-state index contributed by atoms with van der Waals surface area (Å²) < 4.78 is 27.8. The molecule has 1 heterocycles. The molecule has 1 aromatic heterocycles. The number of hydrogen-bond acceptors (Lipinski definition) is 4. The minimum Gasteiger partial charge on any atom is -0.380 e. The SMILES string of the molecule is CNS(=O)(=O)c1cc(NCc2cc(Br)c(Cl)s2)ccc1C. The Bertz CT molecular complexity index is 740. The molecule has 21 heavy (non-hydrogen) atoms. The van der Waals surface area contributed by atoms with Crippen LogP contribution in [0.3, 0.4) is 0 Å². The molecule has 0 saturated heterocycles. The second-order valence-electron chi connectivity index (χ2n) is 4.38. The maximum atomic E-state index is 11.9. The first-order chi connectivity index (χ1) is 9.83. The van der Waals surface area contributed by atoms with Gasteiger partial charge in [-0.05, 0) is 53.7 Å². The lowest BCUT2D eigenvalue weighted by Crippen LogP contribution is -2.19. The zero-order valence-corrected chi connectivity index (χ0v) is 15.4. The molecule has 0 aliphatic rings. The summed E-state index contributed by atoms with van der Waals surface area (Å²) in [6, 6.07) is 7.21. The van der Waals surface area contributed by atoms with Crippen LogP contribution in [0.2, 0.25) is 4.34 Å². The minimum atomic E-state index is -3.45. The summed E-state index contributed by atoms with van der Waals surface area (Å²) in [5.41, 5.74) is 1.45. The van der Waals surface area contributed by atoms with Gasteiger partial charge in [-0.1, -0.05) is 17.7 Å². The lowest BCUT2D eigenvalue weighted by atomic mass is 10.2. The van der Waals surface area contributed by atoms with E-state index in [0.717, 1.165) is 15.0 Å². The molecule has 2 N–H and O–H groups in total. The molecular formula is C13H14BrClN2O2S2. The topological polar surface area (TPSA) is 58.2 Å². The Hall–Kier alpha value is -0.600. The van der Waals surface area contributed by atoms with Gasteiger partial charge in [0.05, 0.1) is 4.90 Å². The summed E-state index contributed by atoms with van der Waals surface area (Å²) >= 11 is 10.8. The molecule has 0 atom stereocenters. The van der Waals surface area contributed by atoms with Gasteiger partial charge in [0.25, 0.3) is 0 Å². The Balaban J connectivity index is 2.20. The highest BCUT2D eigenvalue weighted by molar-refractivity contribution is 9.10. The second-order valence-corrected chi connectivity index (χ2v) is 8.82. The van der Waals surface area contributed by atoms with Crippen molar-refractivity contribution in [3.8, 4) is 0 Å². The largest absolute Gasteiger partial charge is 0.380 e. The number of benzene rings is 1. The average Bonchev–Trinajstić information content (AvgIpc) is 2.76. The Morgan fingerprint density at radius 3 is 2.62 bits per heavy atom. The van der Waals surface area contributed by atoms with Gasteiger partial charge in [-0.2, -0.15) is 0 Å². The van der Waals surface area contributed by atoms with Gasteiger partial charge >= 0.3 is 0 Å². The molecule has 114 valence electrons. The van der Waals surface area contributed by atoms with E-state index in [0.29, 0.717) is 16.4 Å². The van der Waals surface area contributed by atoms with Crippen molar-refractivity contribution in [1.82, 2.24) is 4.72 Å². The first-order valence-electron chi connectivity index (χ1n) is 6.05. The fourth-order valence-electron chi connectivity index (χ4n) is 1.78. The van der Waals surface area contributed by atoms with E-state index < -0.39 is 10.0 Å². The Kier molecular flexibility index (Phi) is 5.32. The molecule has 0 spiro atoms. The maximum absolute atomic E-state index is 11.9. The Morgan fingerprint density at radius 2 is 2.05 bits per heavy atom. The molecule has 0 amide bonds. The number of hydrogen-bond donors (Lipinski definition) is 2. The molecular weight excluding hydrogens is 396 g/mol. The highest BCUT2D eigenvalue weighted by Gasteiger charge is 2.15. The van der Waals surface area contributed by atoms with Gasteiger partial charge in [0.2, 0.25) is 10.0 Å². The summed E-state index contributed by atoms with van der Waals surface area (Å²) in [5.74, 6) is 0. The Labute approximate surface area is 141 Å². The van der Waals surface area contributed by atoms with Crippen molar-refractivity contribution < 1.29 is 8.42 Å². The summed E-state index contributed by atoms with van der Waals surface area (Å²) in [4.78, 5) is 1.34. The average molecular weight is 410 g/mol. The van der Waals surface area contributed by atoms with Gasteiger partial charge in [-0.25, -0.2) is 13.1 Å². The zero-order chi connectivity index (χ0) is 15.6. The van der Waals surface area contributed by atoms with Crippen molar-refractivity contribution in [2.75, 3.05) is 12.4 Å². The second kappa shape index (κ2) is 6.66. The van der Waals surface area contributed by atoms with Crippen molar-refractivity contribution in [2.45, 2.75) is 18.4 Å². The third-order valence-electron chi connectivity index (χ3n) is 2.91. The molecule has 0 fully saturated rings. The van der Waals surface area contributed by atoms with E-state index in [4.69, 9.17) is 11.6 Å². The number of sulfonamides is 1. The van der Waals surface area contributed by atoms with Crippen LogP contribution in [-0.2, 0) is 16.6 Å². The van der Waals surface area contributed by atoms with E-state index in [-0.39, 0.29) is 4.90 Å². The van der Waals surface area contributed by atoms with Crippen molar-refractivity contribution in [2.24, 2.45) is 0 Å². The van der Waals surface area contributed by atoms with E-state index in [1.807, 2.05) is 12.1 Å². The van der Waals surface area contributed by atoms with Crippen LogP contribution in [0, 0.1) is 6.92 Å². The van der Waals surface area contributed by atoms with E-state index >= 15 is 0 Å². The fourth-order valence-corrected chi connectivity index (χ4v) is 4.50. The lowest BCUT2D eigenvalue weighted by molar-refractivity contribution is 0.587. The van der Waals surface area contributed by atoms with E-state index in [1.54, 1.807) is 19.1 Å². The monoisotopic (exact) mass is 408 g/mol. The third kappa shape index (κ3) is 3.98. The summed E-state index contributed by atoms with van der Waals surface area (Å²) in [7, 11) is -2.05. The minimum absolute atomic E-state index is 0.278. The van der Waals surface area contributed by atoms with Gasteiger partial charge in [0.15, 0.2) is 0 Å². The van der Waals surface area contributed by atoms with E-state index in [2.05, 4.69) is 26.0 Å². The van der Waals surface area contributed by atoms with Gasteiger partial charge in [0, 0.05) is 21.6 Å². The molecule has 0 aliphatic heterocycles. The number of anilines is 1. The molecule has 4 nitrogen and oxygen atoms in total. The predicted octanol–water partition coefficient (Wildman–Crippen LogP) is 3.99. The first-order valence-corrected chi connectivity index (χ1v) is 9.52. The van der Waals surface area contributed by atoms with Gasteiger partial charge in [-0.15, -0.1) is 11.3 Å². The first kappa shape index (κ1) is 16.8. The molecule has 8 heteroatoms. The number of aryl methyl sites for hydroxylation is 1. The highest BCUT2D eigenvalue weighted by Crippen LogP contribution is 2.32. The molecule has 2 rings (SSSR count). The number of halogens is 2. The van der Waals surface area contributed by atoms with Crippen LogP contribution >= 0.6 is 38.9 Å². The van der Waals surface area contributed by atoms with Gasteiger partial charge < -0.3 is 5.32 Å². The van der Waals surface area contributed by atoms with Crippen LogP contribution in [0.5, 0.6) is 0 Å². The highest BCUT2D eigenvalue weighted by atomic mass is 79.9. The third-order valence-corrected chi connectivity index (χ3v) is 6.94. The number of nitrogens with one attached hydrogen (secondary N) is 2. The fraction of sp³-hybridized carbons (Fsp3) is 0.231. The molecule has 0 unspecified atom stereocenters. The van der Waals surface area contributed by atoms with Crippen molar-refractivity contribution in [3.63, 3.8) is 0 Å². The van der Waals surface area contributed by atoms with Crippen LogP contribution in [0.4, 0.5) is 5.69 Å². The Morgan fingerprint density at radius 1 is 1.33 bits per heavy atom. The van der Waals surface area contributed by atoms with Crippen LogP contribution < -0.4 is 10.0 Å². The van der Waals surface area contributed by atoms with Crippen LogP contribution in [0.15, 0.2) is 33.6 Å². The van der Waals surface area contributed by atoms with E-state index in [9.17, 15) is 8.42 Å². The van der Waals surface area contributed by atoms with Crippen LogP contribution in [-0.4, -0.2) is 15.5 Å². The molecule has 0 saturated carbocycles. The maximum Gasteiger partial charge on any atom is 0.240 e. The van der Waals surface area contributed by atoms with Gasteiger partial charge in [0.1, 0.15) is 4.34 Å². The zero-order valence-electron chi connectivity index (χ0n) is 11.4. The van der Waals surface area contributed by atoms with Crippen LogP contribution in [0.1, 0.15) is 10.4 Å². The number of thiophene rings is 1. The quantitative estimate of drug-likeness (QED) is 0.785. The van der Waals surface area contributed by atoms with Gasteiger partial charge in [-0.3, -0.25) is 0 Å². The molecule has 1 aromatic carbocycles. The summed E-state index contributed by atoms with van der Waals surface area (Å²) in [6.07, 6.45) is 0. The lowest BCUT2D eigenvalue weighted by Gasteiger charge is -2.10. The predicted molar refractivity (Wildman–Crippen MR) is 91.8 cm³/mol. The normalized spacial score (nSPS) is 11.6. The van der Waals surface area contributed by atoms with Crippen molar-refractivity contribution in [3.05, 3.63) is 43.5 Å². The molecule has 2 aromatic rings. The summed E-state index contributed by atoms with van der Waals surface area (Å²) in [6.45, 7) is 2.35. The molecule has 0 radical (unpaired) electrons. The van der Waals surface area contributed by atoms with Crippen molar-refractivity contribution >= 4 is 54.6 Å². The summed E-state index contributed by atoms with van der Waals surface area (Å²) in [5, 5.41) is 3.20. The number of rotatable bonds is 5. The van der Waals surface area contributed by atoms with Crippen LogP contribution in [0.25, 0.3) is 0 Å². The smallest absolute Gasteiger partial charge is 0.240 e.